The van der Waals surface area contributed by atoms with Crippen LogP contribution in [0.5, 0.6) is 0 Å². The molecule has 0 unspecified atom stereocenters. The van der Waals surface area contributed by atoms with Crippen LogP contribution in [0.3, 0.4) is 0 Å². The molecular formula is C5H9LiMgO. The first kappa shape index (κ1) is 9.32. The summed E-state index contributed by atoms with van der Waals surface area (Å²) in [7, 11) is 0. The number of rotatable bonds is 0. The van der Waals surface area contributed by atoms with Crippen LogP contribution in [0, 0.1) is 6.61 Å². The van der Waals surface area contributed by atoms with Crippen molar-refractivity contribution in [3.05, 3.63) is 6.61 Å². The Morgan fingerprint density at radius 2 is 2.12 bits per heavy atom. The number of hydrogen-bond donors (Lipinski definition) is 0. The van der Waals surface area contributed by atoms with Gasteiger partial charge in [0, 0.05) is 6.61 Å². The average Bonchev–Trinajstić information content (AvgIpc) is 1.96. The van der Waals surface area contributed by atoms with Crippen LogP contribution in [-0.2, 0) is 4.74 Å². The zero-order valence-corrected chi connectivity index (χ0v) is 6.94. The summed E-state index contributed by atoms with van der Waals surface area (Å²) >= 11 is 3.89. The van der Waals surface area contributed by atoms with Gasteiger partial charge in [0.15, 0.2) is 0 Å². The fourth-order valence-electron chi connectivity index (χ4n) is 0.580. The predicted octanol–water partition coefficient (Wildman–Crippen LogP) is 0.587. The quantitative estimate of drug-likeness (QED) is 0.332. The van der Waals surface area contributed by atoms with Gasteiger partial charge in [0.1, 0.15) is 0 Å². The molecule has 0 aromatic rings. The first-order valence-electron chi connectivity index (χ1n) is 3.14. The molecule has 0 bridgehead atoms. The summed E-state index contributed by atoms with van der Waals surface area (Å²) in [5.74, 6) is 0. The van der Waals surface area contributed by atoms with Gasteiger partial charge in [-0.25, -0.2) is 6.61 Å². The fourth-order valence-corrected chi connectivity index (χ4v) is 0.580. The van der Waals surface area contributed by atoms with Gasteiger partial charge in [-0.1, -0.05) is 6.42 Å². The van der Waals surface area contributed by atoms with Crippen LogP contribution >= 0.6 is 0 Å². The van der Waals surface area contributed by atoms with Crippen molar-refractivity contribution in [2.45, 2.75) is 19.3 Å². The predicted molar refractivity (Wildman–Crippen MR) is 35.6 cm³/mol. The van der Waals surface area contributed by atoms with E-state index in [-0.39, 0.29) is 0 Å². The summed E-state index contributed by atoms with van der Waals surface area (Å²) < 4.78 is 4.94. The van der Waals surface area contributed by atoms with E-state index in [0.717, 1.165) is 13.0 Å². The van der Waals surface area contributed by atoms with Crippen molar-refractivity contribution in [1.29, 1.82) is 0 Å². The molecule has 3 heteroatoms. The van der Waals surface area contributed by atoms with Gasteiger partial charge < -0.3 is 4.74 Å². The Kier molecular flexibility index (Phi) is 9.70. The summed E-state index contributed by atoms with van der Waals surface area (Å²) in [5.41, 5.74) is 0. The van der Waals surface area contributed by atoms with Gasteiger partial charge in [-0.15, -0.1) is 0 Å². The molecule has 38 valence electrons. The van der Waals surface area contributed by atoms with E-state index in [2.05, 4.69) is 0 Å². The molecule has 0 N–H and O–H groups in total. The second-order valence-corrected chi connectivity index (χ2v) is 1.53. The van der Waals surface area contributed by atoms with Gasteiger partial charge in [0.2, 0.25) is 0 Å². The molecule has 1 rings (SSSR count). The zero-order chi connectivity index (χ0) is 6.24. The molecule has 8 heavy (non-hydrogen) atoms. The van der Waals surface area contributed by atoms with E-state index in [1.54, 1.807) is 0 Å². The van der Waals surface area contributed by atoms with Crippen molar-refractivity contribution in [2.75, 3.05) is 6.61 Å². The maximum absolute atomic E-state index is 4.94. The van der Waals surface area contributed by atoms with E-state index in [9.17, 15) is 0 Å². The Hall–Kier alpha value is 1.32. The van der Waals surface area contributed by atoms with Gasteiger partial charge in [0.25, 0.3) is 0 Å². The summed E-state index contributed by atoms with van der Waals surface area (Å²) in [4.78, 5) is 0. The van der Waals surface area contributed by atoms with Crippen LogP contribution in [0.4, 0.5) is 0 Å². The molecule has 0 spiro atoms. The molecule has 1 aliphatic rings. The topological polar surface area (TPSA) is 9.23 Å². The van der Waals surface area contributed by atoms with Crippen molar-refractivity contribution >= 4 is 33.6 Å². The van der Waals surface area contributed by atoms with Crippen molar-refractivity contribution in [2.24, 2.45) is 0 Å². The monoisotopic (exact) mass is 116 g/mol. The maximum atomic E-state index is 4.94. The van der Waals surface area contributed by atoms with Gasteiger partial charge in [0.05, 0.1) is 0 Å². The number of ether oxygens (including phenoxy) is 1. The molecule has 0 atom stereocenters. The van der Waals surface area contributed by atoms with Crippen LogP contribution in [0.2, 0.25) is 0 Å². The van der Waals surface area contributed by atoms with Crippen LogP contribution in [0.15, 0.2) is 0 Å². The fraction of sp³-hybridized carbons (Fsp3) is 0.800. The third kappa shape index (κ3) is 5.46. The Balaban J connectivity index is 0.000000222. The Bertz CT molecular complexity index is 27.9. The first-order valence-corrected chi connectivity index (χ1v) is 4.55. The van der Waals surface area contributed by atoms with Gasteiger partial charge in [-0.2, -0.15) is 6.42 Å². The van der Waals surface area contributed by atoms with Gasteiger partial charge in [-0.3, -0.25) is 0 Å². The van der Waals surface area contributed by atoms with Crippen LogP contribution in [0.1, 0.15) is 19.3 Å². The summed E-state index contributed by atoms with van der Waals surface area (Å²) in [6.07, 6.45) is 3.72. The van der Waals surface area contributed by atoms with E-state index < -0.39 is 0 Å². The molecule has 1 aliphatic heterocycles. The molecule has 0 saturated carbocycles. The summed E-state index contributed by atoms with van der Waals surface area (Å²) in [6.45, 7) is 2.84. The normalized spacial score (nSPS) is 19.0. The molecule has 0 amide bonds. The van der Waals surface area contributed by atoms with Crippen molar-refractivity contribution in [3.8, 4) is 0 Å². The average molecular weight is 116 g/mol. The Labute approximate surface area is 70.5 Å². The van der Waals surface area contributed by atoms with E-state index in [1.807, 2.05) is 40.2 Å². The summed E-state index contributed by atoms with van der Waals surface area (Å²) in [6, 6.07) is 0. The van der Waals surface area contributed by atoms with E-state index in [1.165, 1.54) is 12.8 Å². The van der Waals surface area contributed by atoms with Crippen LogP contribution in [-0.4, -0.2) is 40.2 Å². The Morgan fingerprint density at radius 3 is 2.25 bits per heavy atom. The first-order chi connectivity index (χ1) is 4.00. The second kappa shape index (κ2) is 8.32. The minimum absolute atomic E-state index is 0.944. The molecule has 1 nitrogen and oxygen atoms in total. The minimum atomic E-state index is 0.944. The SMILES string of the molecule is [CH-]1CCCCO1.[Li][Mg+]. The van der Waals surface area contributed by atoms with Crippen molar-refractivity contribution in [3.63, 3.8) is 0 Å². The number of hydrogen-bond acceptors (Lipinski definition) is 1. The molecule has 0 aromatic heterocycles. The van der Waals surface area contributed by atoms with Crippen LogP contribution in [0.25, 0.3) is 0 Å². The molecule has 1 saturated heterocycles. The third-order valence-electron chi connectivity index (χ3n) is 0.952. The molecular weight excluding hydrogens is 107 g/mol. The van der Waals surface area contributed by atoms with E-state index >= 15 is 0 Å². The molecule has 0 aromatic carbocycles. The van der Waals surface area contributed by atoms with Crippen molar-refractivity contribution < 1.29 is 4.74 Å². The van der Waals surface area contributed by atoms with Gasteiger partial charge in [-0.05, 0) is 6.42 Å². The zero-order valence-electron chi connectivity index (χ0n) is 5.52. The summed E-state index contributed by atoms with van der Waals surface area (Å²) in [5, 5.41) is 0. The Morgan fingerprint density at radius 1 is 1.38 bits per heavy atom. The molecule has 1 fully saturated rings. The molecule has 0 radical (unpaired) electrons. The molecule has 1 heterocycles. The van der Waals surface area contributed by atoms with Crippen molar-refractivity contribution in [1.82, 2.24) is 0 Å². The van der Waals surface area contributed by atoms with Gasteiger partial charge >= 0.3 is 33.6 Å². The van der Waals surface area contributed by atoms with E-state index in [4.69, 9.17) is 4.74 Å². The standard InChI is InChI=1S/C5H9O.Li.Mg/c1-2-4-6-5-3-1;;/h4H,1-3,5H2;;/q-1;;+1. The van der Waals surface area contributed by atoms with E-state index in [0.29, 0.717) is 0 Å². The third-order valence-corrected chi connectivity index (χ3v) is 0.952. The van der Waals surface area contributed by atoms with Crippen LogP contribution < -0.4 is 0 Å². The second-order valence-electron chi connectivity index (χ2n) is 1.53. The molecule has 0 aliphatic carbocycles.